The maximum Gasteiger partial charge on any atom is 0.141 e. The van der Waals surface area contributed by atoms with E-state index in [1.807, 2.05) is 30.3 Å². The van der Waals surface area contributed by atoms with Crippen LogP contribution in [0.2, 0.25) is 0 Å². The molecule has 0 bridgehead atoms. The van der Waals surface area contributed by atoms with Gasteiger partial charge in [-0.3, -0.25) is 0 Å². The van der Waals surface area contributed by atoms with E-state index in [0.29, 0.717) is 11.4 Å². The number of ether oxygens (including phenoxy) is 1. The summed E-state index contributed by atoms with van der Waals surface area (Å²) in [5.74, 6) is 1.43. The van der Waals surface area contributed by atoms with Crippen molar-refractivity contribution in [1.82, 2.24) is 9.97 Å². The molecule has 1 heterocycles. The summed E-state index contributed by atoms with van der Waals surface area (Å²) in [5.41, 5.74) is 9.28. The van der Waals surface area contributed by atoms with Crippen molar-refractivity contribution in [2.75, 3.05) is 12.8 Å². The number of aromatic nitrogens is 2. The summed E-state index contributed by atoms with van der Waals surface area (Å²) in [6.07, 6.45) is 0. The van der Waals surface area contributed by atoms with Crippen LogP contribution in [0.3, 0.4) is 0 Å². The predicted octanol–water partition coefficient (Wildman–Crippen LogP) is 4.35. The maximum atomic E-state index is 5.93. The van der Waals surface area contributed by atoms with E-state index < -0.39 is 0 Å². The minimum atomic E-state index is 0.589. The number of hydrogen-bond acceptors (Lipinski definition) is 3. The summed E-state index contributed by atoms with van der Waals surface area (Å²) in [4.78, 5) is 7.89. The van der Waals surface area contributed by atoms with Crippen molar-refractivity contribution in [2.45, 2.75) is 0 Å². The van der Waals surface area contributed by atoms with Crippen molar-refractivity contribution >= 4 is 48.6 Å². The lowest BCUT2D eigenvalue weighted by Gasteiger charge is -2.05. The van der Waals surface area contributed by atoms with Gasteiger partial charge in [0.05, 0.1) is 18.3 Å². The first-order valence-electron chi connectivity index (χ1n) is 5.87. The molecular formula is C14H11Br2N3O. The first-order valence-corrected chi connectivity index (χ1v) is 7.45. The number of aromatic amines is 1. The molecule has 3 rings (SSSR count). The van der Waals surface area contributed by atoms with Crippen LogP contribution >= 0.6 is 31.9 Å². The fraction of sp³-hybridized carbons (Fsp3) is 0.0714. The number of nitrogen functional groups attached to an aromatic ring is 1. The minimum absolute atomic E-state index is 0.589. The molecule has 20 heavy (non-hydrogen) atoms. The van der Waals surface area contributed by atoms with Crippen molar-refractivity contribution < 1.29 is 4.74 Å². The third-order valence-electron chi connectivity index (χ3n) is 3.01. The first kappa shape index (κ1) is 13.5. The number of fused-ring (bicyclic) bond motifs is 1. The Balaban J connectivity index is 2.15. The Labute approximate surface area is 132 Å². The van der Waals surface area contributed by atoms with Gasteiger partial charge in [-0.2, -0.15) is 0 Å². The number of hydrogen-bond donors (Lipinski definition) is 2. The molecule has 0 aliphatic carbocycles. The van der Waals surface area contributed by atoms with E-state index in [1.54, 1.807) is 7.11 Å². The van der Waals surface area contributed by atoms with Crippen LogP contribution in [-0.4, -0.2) is 17.1 Å². The Bertz CT molecular complexity index is 798. The van der Waals surface area contributed by atoms with Gasteiger partial charge in [0.15, 0.2) is 0 Å². The van der Waals surface area contributed by atoms with Gasteiger partial charge < -0.3 is 15.5 Å². The topological polar surface area (TPSA) is 63.9 Å². The van der Waals surface area contributed by atoms with Crippen molar-refractivity contribution in [1.29, 1.82) is 0 Å². The van der Waals surface area contributed by atoms with Gasteiger partial charge in [0.25, 0.3) is 0 Å². The van der Waals surface area contributed by atoms with Crippen LogP contribution in [0.25, 0.3) is 22.4 Å². The van der Waals surface area contributed by atoms with Crippen LogP contribution in [0.5, 0.6) is 5.75 Å². The van der Waals surface area contributed by atoms with Gasteiger partial charge in [-0.15, -0.1) is 0 Å². The lowest BCUT2D eigenvalue weighted by atomic mass is 10.2. The number of methoxy groups -OCH3 is 1. The van der Waals surface area contributed by atoms with Gasteiger partial charge in [0, 0.05) is 14.5 Å². The molecule has 4 nitrogen and oxygen atoms in total. The molecule has 0 saturated heterocycles. The molecular weight excluding hydrogens is 386 g/mol. The van der Waals surface area contributed by atoms with Crippen molar-refractivity contribution in [3.63, 3.8) is 0 Å². The first-order chi connectivity index (χ1) is 9.58. The normalized spacial score (nSPS) is 10.9. The Hall–Kier alpha value is -1.53. The zero-order valence-electron chi connectivity index (χ0n) is 10.6. The monoisotopic (exact) mass is 395 g/mol. The molecule has 0 spiro atoms. The lowest BCUT2D eigenvalue weighted by molar-refractivity contribution is 0.417. The Morgan fingerprint density at radius 3 is 2.70 bits per heavy atom. The highest BCUT2D eigenvalue weighted by atomic mass is 79.9. The number of H-pyrrole nitrogens is 1. The van der Waals surface area contributed by atoms with Crippen LogP contribution in [0.15, 0.2) is 39.3 Å². The largest absolute Gasteiger partial charge is 0.495 e. The zero-order valence-corrected chi connectivity index (χ0v) is 13.7. The highest BCUT2D eigenvalue weighted by molar-refractivity contribution is 9.11. The lowest BCUT2D eigenvalue weighted by Crippen LogP contribution is -1.92. The molecule has 0 unspecified atom stereocenters. The Morgan fingerprint density at radius 1 is 1.20 bits per heavy atom. The molecule has 3 aromatic rings. The number of nitrogens with one attached hydrogen (secondary N) is 1. The second-order valence-corrected chi connectivity index (χ2v) is 6.10. The van der Waals surface area contributed by atoms with Gasteiger partial charge in [-0.05, 0) is 46.3 Å². The van der Waals surface area contributed by atoms with Gasteiger partial charge in [0.2, 0.25) is 0 Å². The number of rotatable bonds is 2. The Kier molecular flexibility index (Phi) is 3.43. The third kappa shape index (κ3) is 2.29. The van der Waals surface area contributed by atoms with Gasteiger partial charge >= 0.3 is 0 Å². The minimum Gasteiger partial charge on any atom is -0.495 e. The molecule has 6 heteroatoms. The summed E-state index contributed by atoms with van der Waals surface area (Å²) >= 11 is 6.98. The zero-order chi connectivity index (χ0) is 14.3. The number of imidazole rings is 1. The van der Waals surface area contributed by atoms with E-state index in [0.717, 1.165) is 31.4 Å². The number of benzene rings is 2. The van der Waals surface area contributed by atoms with Crippen LogP contribution in [-0.2, 0) is 0 Å². The van der Waals surface area contributed by atoms with Gasteiger partial charge in [-0.1, -0.05) is 15.9 Å². The summed E-state index contributed by atoms with van der Waals surface area (Å²) in [6, 6.07) is 9.57. The molecule has 3 N–H and O–H groups in total. The molecule has 0 radical (unpaired) electrons. The van der Waals surface area contributed by atoms with Crippen molar-refractivity contribution in [2.24, 2.45) is 0 Å². The fourth-order valence-electron chi connectivity index (χ4n) is 2.06. The fourth-order valence-corrected chi connectivity index (χ4v) is 3.37. The number of nitrogens with zero attached hydrogens (tertiary/aromatic N) is 1. The van der Waals surface area contributed by atoms with E-state index in [9.17, 15) is 0 Å². The molecule has 0 fully saturated rings. The van der Waals surface area contributed by atoms with Crippen molar-refractivity contribution in [3.8, 4) is 17.1 Å². The second-order valence-electron chi connectivity index (χ2n) is 4.33. The molecule has 2 aromatic carbocycles. The van der Waals surface area contributed by atoms with E-state index in [4.69, 9.17) is 10.5 Å². The van der Waals surface area contributed by atoms with E-state index in [-0.39, 0.29) is 0 Å². The van der Waals surface area contributed by atoms with E-state index in [1.165, 1.54) is 0 Å². The van der Waals surface area contributed by atoms with Gasteiger partial charge in [-0.25, -0.2) is 4.98 Å². The smallest absolute Gasteiger partial charge is 0.141 e. The van der Waals surface area contributed by atoms with Gasteiger partial charge in [0.1, 0.15) is 17.1 Å². The summed E-state index contributed by atoms with van der Waals surface area (Å²) in [6.45, 7) is 0. The summed E-state index contributed by atoms with van der Waals surface area (Å²) in [7, 11) is 1.60. The molecule has 1 aromatic heterocycles. The number of nitrogens with two attached hydrogens (primary N) is 1. The highest BCUT2D eigenvalue weighted by Gasteiger charge is 2.10. The van der Waals surface area contributed by atoms with Crippen LogP contribution in [0.1, 0.15) is 0 Å². The SMILES string of the molecule is COc1ccc(-c2nc3c(Br)cc(Br)cc3[nH]2)cc1N. The van der Waals surface area contributed by atoms with Crippen LogP contribution in [0.4, 0.5) is 5.69 Å². The maximum absolute atomic E-state index is 5.93. The second kappa shape index (κ2) is 5.10. The highest BCUT2D eigenvalue weighted by Crippen LogP contribution is 2.31. The molecule has 0 aliphatic rings. The van der Waals surface area contributed by atoms with Crippen LogP contribution in [0, 0.1) is 0 Å². The van der Waals surface area contributed by atoms with Crippen LogP contribution < -0.4 is 10.5 Å². The standard InChI is InChI=1S/C14H11Br2N3O/c1-20-12-3-2-7(4-10(12)17)14-18-11-6-8(15)5-9(16)13(11)19-14/h2-6H,17H2,1H3,(H,18,19). The molecule has 0 saturated carbocycles. The summed E-state index contributed by atoms with van der Waals surface area (Å²) in [5, 5.41) is 0. The Morgan fingerprint density at radius 2 is 2.00 bits per heavy atom. The molecule has 0 atom stereocenters. The average Bonchev–Trinajstić information content (AvgIpc) is 2.82. The predicted molar refractivity (Wildman–Crippen MR) is 87.9 cm³/mol. The van der Waals surface area contributed by atoms with Crippen molar-refractivity contribution in [3.05, 3.63) is 39.3 Å². The molecule has 0 amide bonds. The summed E-state index contributed by atoms with van der Waals surface area (Å²) < 4.78 is 7.08. The van der Waals surface area contributed by atoms with E-state index >= 15 is 0 Å². The average molecular weight is 397 g/mol. The third-order valence-corrected chi connectivity index (χ3v) is 4.07. The number of anilines is 1. The number of halogens is 2. The molecule has 0 aliphatic heterocycles. The molecule has 102 valence electrons. The quantitative estimate of drug-likeness (QED) is 0.633. The van der Waals surface area contributed by atoms with E-state index in [2.05, 4.69) is 41.8 Å².